The summed E-state index contributed by atoms with van der Waals surface area (Å²) in [7, 11) is 1.37. The molecule has 168 valence electrons. The number of carbonyl (C=O) groups is 1. The number of carbonyl (C=O) groups excluding carboxylic acids is 1. The van der Waals surface area contributed by atoms with E-state index in [0.29, 0.717) is 36.9 Å². The van der Waals surface area contributed by atoms with Gasteiger partial charge in [0.1, 0.15) is 5.75 Å². The van der Waals surface area contributed by atoms with Gasteiger partial charge in [0.25, 0.3) is 0 Å². The molecule has 0 N–H and O–H groups in total. The highest BCUT2D eigenvalue weighted by atomic mass is 32.2. The highest BCUT2D eigenvalue weighted by molar-refractivity contribution is 7.99. The zero-order valence-corrected chi connectivity index (χ0v) is 19.0. The summed E-state index contributed by atoms with van der Waals surface area (Å²) in [6, 6.07) is 15.2. The standard InChI is InChI=1S/C23H26N4O4S/c1-17-4-3-5-19(16-17)27-22(26-10-12-30-13-11-26)24-25-23(27)32-15-14-31-20-8-6-18(7-9-20)21(28)29-2/h3-9,16H,10-15H2,1-2H3. The number of anilines is 1. The number of aromatic nitrogens is 3. The molecule has 0 saturated carbocycles. The minimum absolute atomic E-state index is 0.362. The maximum atomic E-state index is 11.5. The second-order valence-corrected chi connectivity index (χ2v) is 8.33. The Morgan fingerprint density at radius 3 is 2.62 bits per heavy atom. The first-order chi connectivity index (χ1) is 15.7. The van der Waals surface area contributed by atoms with E-state index in [4.69, 9.17) is 14.2 Å². The summed E-state index contributed by atoms with van der Waals surface area (Å²) < 4.78 is 18.1. The Bertz CT molecular complexity index is 1050. The van der Waals surface area contributed by atoms with E-state index in [-0.39, 0.29) is 5.97 Å². The number of thioether (sulfide) groups is 1. The lowest BCUT2D eigenvalue weighted by molar-refractivity contribution is 0.0600. The summed E-state index contributed by atoms with van der Waals surface area (Å²) in [5.74, 6) is 1.87. The molecule has 9 heteroatoms. The van der Waals surface area contributed by atoms with Crippen LogP contribution in [0.1, 0.15) is 15.9 Å². The van der Waals surface area contributed by atoms with Gasteiger partial charge in [0.05, 0.1) is 38.2 Å². The number of benzene rings is 2. The third-order valence-corrected chi connectivity index (χ3v) is 5.92. The van der Waals surface area contributed by atoms with E-state index in [2.05, 4.69) is 44.8 Å². The first kappa shape index (κ1) is 22.2. The van der Waals surface area contributed by atoms with Crippen molar-refractivity contribution in [1.29, 1.82) is 0 Å². The Labute approximate surface area is 191 Å². The van der Waals surface area contributed by atoms with Crippen molar-refractivity contribution in [1.82, 2.24) is 14.8 Å². The number of esters is 1. The number of rotatable bonds is 8. The van der Waals surface area contributed by atoms with Gasteiger partial charge >= 0.3 is 5.97 Å². The third-order valence-electron chi connectivity index (χ3n) is 5.03. The van der Waals surface area contributed by atoms with Crippen molar-refractivity contribution in [3.63, 3.8) is 0 Å². The van der Waals surface area contributed by atoms with Crippen molar-refractivity contribution in [2.75, 3.05) is 50.7 Å². The van der Waals surface area contributed by atoms with E-state index in [9.17, 15) is 4.79 Å². The molecule has 0 aliphatic carbocycles. The molecule has 0 amide bonds. The van der Waals surface area contributed by atoms with Gasteiger partial charge in [-0.25, -0.2) is 4.79 Å². The summed E-state index contributed by atoms with van der Waals surface area (Å²) in [6.45, 7) is 5.53. The topological polar surface area (TPSA) is 78.7 Å². The number of aryl methyl sites for hydroxylation is 1. The average molecular weight is 455 g/mol. The Balaban J connectivity index is 1.44. The highest BCUT2D eigenvalue weighted by Crippen LogP contribution is 2.27. The minimum Gasteiger partial charge on any atom is -0.493 e. The first-order valence-electron chi connectivity index (χ1n) is 10.4. The number of nitrogens with zero attached hydrogens (tertiary/aromatic N) is 4. The number of morpholine rings is 1. The Morgan fingerprint density at radius 1 is 1.12 bits per heavy atom. The van der Waals surface area contributed by atoms with Gasteiger partial charge in [-0.1, -0.05) is 23.9 Å². The molecule has 2 aromatic carbocycles. The van der Waals surface area contributed by atoms with E-state index in [1.165, 1.54) is 12.7 Å². The van der Waals surface area contributed by atoms with Gasteiger partial charge in [-0.3, -0.25) is 4.57 Å². The van der Waals surface area contributed by atoms with Gasteiger partial charge in [0.2, 0.25) is 5.95 Å². The molecule has 8 nitrogen and oxygen atoms in total. The fourth-order valence-electron chi connectivity index (χ4n) is 3.41. The number of methoxy groups -OCH3 is 1. The van der Waals surface area contributed by atoms with Crippen LogP contribution in [-0.2, 0) is 9.47 Å². The molecule has 0 radical (unpaired) electrons. The van der Waals surface area contributed by atoms with E-state index in [1.54, 1.807) is 36.0 Å². The molecule has 3 aromatic rings. The molecule has 0 spiro atoms. The highest BCUT2D eigenvalue weighted by Gasteiger charge is 2.21. The zero-order valence-electron chi connectivity index (χ0n) is 18.2. The fraction of sp³-hybridized carbons (Fsp3) is 0.348. The van der Waals surface area contributed by atoms with Crippen LogP contribution in [0.25, 0.3) is 5.69 Å². The van der Waals surface area contributed by atoms with Crippen LogP contribution in [0.3, 0.4) is 0 Å². The van der Waals surface area contributed by atoms with Crippen molar-refractivity contribution < 1.29 is 19.0 Å². The first-order valence-corrected chi connectivity index (χ1v) is 11.4. The molecule has 1 saturated heterocycles. The van der Waals surface area contributed by atoms with Gasteiger partial charge in [0.15, 0.2) is 5.16 Å². The summed E-state index contributed by atoms with van der Waals surface area (Å²) in [5, 5.41) is 9.78. The summed E-state index contributed by atoms with van der Waals surface area (Å²) in [4.78, 5) is 13.7. The number of hydrogen-bond donors (Lipinski definition) is 0. The van der Waals surface area contributed by atoms with Gasteiger partial charge in [-0.15, -0.1) is 10.2 Å². The summed E-state index contributed by atoms with van der Waals surface area (Å²) in [6.07, 6.45) is 0. The molecule has 32 heavy (non-hydrogen) atoms. The van der Waals surface area contributed by atoms with Gasteiger partial charge in [-0.05, 0) is 48.9 Å². The molecule has 4 rings (SSSR count). The lowest BCUT2D eigenvalue weighted by atomic mass is 10.2. The monoisotopic (exact) mass is 454 g/mol. The molecular weight excluding hydrogens is 428 g/mol. The van der Waals surface area contributed by atoms with Crippen molar-refractivity contribution in [3.05, 3.63) is 59.7 Å². The van der Waals surface area contributed by atoms with Gasteiger partial charge < -0.3 is 19.1 Å². The SMILES string of the molecule is COC(=O)c1ccc(OCCSc2nnc(N3CCOCC3)n2-c2cccc(C)c2)cc1. The van der Waals surface area contributed by atoms with Crippen LogP contribution in [0.4, 0.5) is 5.95 Å². The number of ether oxygens (including phenoxy) is 3. The zero-order chi connectivity index (χ0) is 22.3. The molecular formula is C23H26N4O4S. The molecule has 1 fully saturated rings. The Kier molecular flexibility index (Phi) is 7.28. The normalized spacial score (nSPS) is 13.8. The predicted molar refractivity (Wildman–Crippen MR) is 123 cm³/mol. The van der Waals surface area contributed by atoms with Crippen LogP contribution < -0.4 is 9.64 Å². The van der Waals surface area contributed by atoms with Crippen molar-refractivity contribution >= 4 is 23.7 Å². The third kappa shape index (κ3) is 5.23. The number of hydrogen-bond acceptors (Lipinski definition) is 8. The van der Waals surface area contributed by atoms with Crippen LogP contribution in [0, 0.1) is 6.92 Å². The van der Waals surface area contributed by atoms with Crippen LogP contribution in [0.15, 0.2) is 53.7 Å². The lowest BCUT2D eigenvalue weighted by Crippen LogP contribution is -2.37. The van der Waals surface area contributed by atoms with E-state index in [0.717, 1.165) is 29.9 Å². The molecule has 1 aliphatic rings. The van der Waals surface area contributed by atoms with Crippen LogP contribution in [0.2, 0.25) is 0 Å². The van der Waals surface area contributed by atoms with Crippen molar-refractivity contribution in [2.24, 2.45) is 0 Å². The molecule has 2 heterocycles. The maximum absolute atomic E-state index is 11.5. The van der Waals surface area contributed by atoms with Crippen LogP contribution in [-0.4, -0.2) is 66.5 Å². The molecule has 0 atom stereocenters. The molecule has 1 aliphatic heterocycles. The van der Waals surface area contributed by atoms with Crippen molar-refractivity contribution in [2.45, 2.75) is 12.1 Å². The van der Waals surface area contributed by atoms with Gasteiger partial charge in [0, 0.05) is 18.8 Å². The average Bonchev–Trinajstić information content (AvgIpc) is 3.26. The van der Waals surface area contributed by atoms with Crippen molar-refractivity contribution in [3.8, 4) is 11.4 Å². The molecule has 0 unspecified atom stereocenters. The predicted octanol–water partition coefficient (Wildman–Crippen LogP) is 3.37. The van der Waals surface area contributed by atoms with Crippen LogP contribution in [0.5, 0.6) is 5.75 Å². The second-order valence-electron chi connectivity index (χ2n) is 7.27. The fourth-order valence-corrected chi connectivity index (χ4v) is 4.18. The maximum Gasteiger partial charge on any atom is 0.337 e. The quantitative estimate of drug-likeness (QED) is 0.291. The van der Waals surface area contributed by atoms with Crippen LogP contribution >= 0.6 is 11.8 Å². The van der Waals surface area contributed by atoms with E-state index >= 15 is 0 Å². The second kappa shape index (κ2) is 10.5. The smallest absolute Gasteiger partial charge is 0.337 e. The minimum atomic E-state index is -0.362. The Hall–Kier alpha value is -3.04. The van der Waals surface area contributed by atoms with E-state index in [1.807, 2.05) is 6.07 Å². The molecule has 0 bridgehead atoms. The lowest BCUT2D eigenvalue weighted by Gasteiger charge is -2.28. The Morgan fingerprint density at radius 2 is 1.91 bits per heavy atom. The van der Waals surface area contributed by atoms with Gasteiger partial charge in [-0.2, -0.15) is 0 Å². The molecule has 1 aromatic heterocycles. The largest absolute Gasteiger partial charge is 0.493 e. The van der Waals surface area contributed by atoms with E-state index < -0.39 is 0 Å². The summed E-state index contributed by atoms with van der Waals surface area (Å²) >= 11 is 1.60. The summed E-state index contributed by atoms with van der Waals surface area (Å²) in [5.41, 5.74) is 2.72.